The van der Waals surface area contributed by atoms with Crippen LogP contribution in [0.15, 0.2) is 24.3 Å². The number of methoxy groups -OCH3 is 1. The Labute approximate surface area is 115 Å². The molecule has 0 unspecified atom stereocenters. The number of nitrogens with zero attached hydrogens (tertiary/aromatic N) is 2. The van der Waals surface area contributed by atoms with Gasteiger partial charge in [-0.05, 0) is 30.7 Å². The van der Waals surface area contributed by atoms with Gasteiger partial charge in [-0.25, -0.2) is 9.48 Å². The van der Waals surface area contributed by atoms with Gasteiger partial charge in [-0.3, -0.25) is 0 Å². The van der Waals surface area contributed by atoms with Crippen LogP contribution in [0.1, 0.15) is 21.7 Å². The van der Waals surface area contributed by atoms with Crippen LogP contribution in [-0.2, 0) is 11.3 Å². The number of carboxylic acids is 1. The van der Waals surface area contributed by atoms with Gasteiger partial charge >= 0.3 is 5.97 Å². The molecule has 0 aliphatic rings. The van der Waals surface area contributed by atoms with Crippen molar-refractivity contribution in [2.75, 3.05) is 7.11 Å². The summed E-state index contributed by atoms with van der Waals surface area (Å²) in [4.78, 5) is 11.0. The lowest BCUT2D eigenvalue weighted by Crippen LogP contribution is -2.06. The standard InChI is InChI=1S/C13H13ClN2O3/c1-8-3-4-9(14)5-12(8)16-10(7-19-2)6-11(15-16)13(17)18/h3-6H,7H2,1-2H3,(H,17,18). The molecule has 0 fully saturated rings. The Morgan fingerprint density at radius 3 is 2.84 bits per heavy atom. The maximum atomic E-state index is 11.0. The molecule has 1 aromatic carbocycles. The van der Waals surface area contributed by atoms with Crippen molar-refractivity contribution in [3.63, 3.8) is 0 Å². The molecule has 0 aliphatic heterocycles. The summed E-state index contributed by atoms with van der Waals surface area (Å²) in [6, 6.07) is 6.87. The van der Waals surface area contributed by atoms with E-state index in [-0.39, 0.29) is 12.3 Å². The van der Waals surface area contributed by atoms with Gasteiger partial charge in [-0.15, -0.1) is 0 Å². The molecule has 2 rings (SSSR count). The minimum atomic E-state index is -1.07. The molecule has 2 aromatic rings. The summed E-state index contributed by atoms with van der Waals surface area (Å²) in [7, 11) is 1.54. The van der Waals surface area contributed by atoms with E-state index in [0.29, 0.717) is 10.7 Å². The van der Waals surface area contributed by atoms with Gasteiger partial charge in [0.05, 0.1) is 18.0 Å². The number of carbonyl (C=O) groups is 1. The quantitative estimate of drug-likeness (QED) is 0.935. The van der Waals surface area contributed by atoms with Crippen molar-refractivity contribution in [3.8, 4) is 5.69 Å². The van der Waals surface area contributed by atoms with Crippen molar-refractivity contribution in [1.82, 2.24) is 9.78 Å². The molecule has 1 aromatic heterocycles. The molecule has 6 heteroatoms. The number of halogens is 1. The topological polar surface area (TPSA) is 64.3 Å². The van der Waals surface area contributed by atoms with Gasteiger partial charge in [0.1, 0.15) is 0 Å². The zero-order chi connectivity index (χ0) is 14.0. The zero-order valence-corrected chi connectivity index (χ0v) is 11.3. The lowest BCUT2D eigenvalue weighted by Gasteiger charge is -2.10. The van der Waals surface area contributed by atoms with E-state index in [4.69, 9.17) is 21.4 Å². The second-order valence-corrected chi connectivity index (χ2v) is 4.54. The second-order valence-electron chi connectivity index (χ2n) is 4.10. The Hall–Kier alpha value is -1.85. The number of hydrogen-bond acceptors (Lipinski definition) is 3. The molecule has 1 heterocycles. The van der Waals surface area contributed by atoms with E-state index in [1.807, 2.05) is 13.0 Å². The van der Waals surface area contributed by atoms with E-state index in [1.165, 1.54) is 6.07 Å². The van der Waals surface area contributed by atoms with Crippen molar-refractivity contribution in [3.05, 3.63) is 46.2 Å². The van der Waals surface area contributed by atoms with Crippen LogP contribution in [0.2, 0.25) is 5.02 Å². The number of aryl methyl sites for hydroxylation is 1. The Morgan fingerprint density at radius 2 is 2.21 bits per heavy atom. The van der Waals surface area contributed by atoms with Crippen LogP contribution in [0, 0.1) is 6.92 Å². The van der Waals surface area contributed by atoms with Crippen LogP contribution in [0.3, 0.4) is 0 Å². The van der Waals surface area contributed by atoms with Crippen LogP contribution < -0.4 is 0 Å². The predicted octanol–water partition coefficient (Wildman–Crippen LogP) is 2.68. The van der Waals surface area contributed by atoms with Gasteiger partial charge in [-0.2, -0.15) is 5.10 Å². The highest BCUT2D eigenvalue weighted by Gasteiger charge is 2.15. The Morgan fingerprint density at radius 1 is 1.47 bits per heavy atom. The average molecular weight is 281 g/mol. The minimum absolute atomic E-state index is 0.0218. The number of benzene rings is 1. The first kappa shape index (κ1) is 13.6. The number of ether oxygens (including phenoxy) is 1. The molecule has 0 bridgehead atoms. The maximum Gasteiger partial charge on any atom is 0.356 e. The molecule has 0 saturated carbocycles. The summed E-state index contributed by atoms with van der Waals surface area (Å²) in [5, 5.41) is 13.7. The van der Waals surface area contributed by atoms with E-state index < -0.39 is 5.97 Å². The molecule has 5 nitrogen and oxygen atoms in total. The van der Waals surface area contributed by atoms with E-state index in [1.54, 1.807) is 23.9 Å². The Kier molecular flexibility index (Phi) is 3.87. The van der Waals surface area contributed by atoms with E-state index in [0.717, 1.165) is 11.3 Å². The molecule has 19 heavy (non-hydrogen) atoms. The predicted molar refractivity (Wildman–Crippen MR) is 71.0 cm³/mol. The van der Waals surface area contributed by atoms with Crippen molar-refractivity contribution in [2.24, 2.45) is 0 Å². The number of aromatic carboxylic acids is 1. The van der Waals surface area contributed by atoms with Crippen molar-refractivity contribution < 1.29 is 14.6 Å². The maximum absolute atomic E-state index is 11.0. The van der Waals surface area contributed by atoms with Crippen molar-refractivity contribution in [1.29, 1.82) is 0 Å². The lowest BCUT2D eigenvalue weighted by molar-refractivity contribution is 0.0690. The zero-order valence-electron chi connectivity index (χ0n) is 10.6. The van der Waals surface area contributed by atoms with Crippen molar-refractivity contribution in [2.45, 2.75) is 13.5 Å². The van der Waals surface area contributed by atoms with Crippen LogP contribution in [0.25, 0.3) is 5.69 Å². The molecule has 0 atom stereocenters. The Balaban J connectivity index is 2.59. The number of aromatic nitrogens is 2. The summed E-state index contributed by atoms with van der Waals surface area (Å²) in [6.45, 7) is 2.18. The highest BCUT2D eigenvalue weighted by atomic mass is 35.5. The SMILES string of the molecule is COCc1cc(C(=O)O)nn1-c1cc(Cl)ccc1C. The van der Waals surface area contributed by atoms with E-state index in [9.17, 15) is 4.79 Å². The molecule has 0 spiro atoms. The van der Waals surface area contributed by atoms with Crippen LogP contribution in [0.5, 0.6) is 0 Å². The lowest BCUT2D eigenvalue weighted by atomic mass is 10.2. The second kappa shape index (κ2) is 5.42. The summed E-state index contributed by atoms with van der Waals surface area (Å²) >= 11 is 5.98. The molecule has 1 N–H and O–H groups in total. The third-order valence-corrected chi connectivity index (χ3v) is 2.93. The monoisotopic (exact) mass is 280 g/mol. The van der Waals surface area contributed by atoms with Gasteiger partial charge in [0, 0.05) is 12.1 Å². The molecule has 0 saturated heterocycles. The molecule has 0 radical (unpaired) electrons. The smallest absolute Gasteiger partial charge is 0.356 e. The van der Waals surface area contributed by atoms with E-state index in [2.05, 4.69) is 5.10 Å². The van der Waals surface area contributed by atoms with Gasteiger partial charge < -0.3 is 9.84 Å². The number of rotatable bonds is 4. The summed E-state index contributed by atoms with van der Waals surface area (Å²) in [5.74, 6) is -1.07. The molecular formula is C13H13ClN2O3. The third-order valence-electron chi connectivity index (χ3n) is 2.69. The molecular weight excluding hydrogens is 268 g/mol. The fourth-order valence-electron chi connectivity index (χ4n) is 1.79. The van der Waals surface area contributed by atoms with Gasteiger partial charge in [-0.1, -0.05) is 17.7 Å². The largest absolute Gasteiger partial charge is 0.476 e. The van der Waals surface area contributed by atoms with E-state index >= 15 is 0 Å². The van der Waals surface area contributed by atoms with Crippen molar-refractivity contribution >= 4 is 17.6 Å². The summed E-state index contributed by atoms with van der Waals surface area (Å²) in [6.07, 6.45) is 0. The molecule has 100 valence electrons. The minimum Gasteiger partial charge on any atom is -0.476 e. The first-order chi connectivity index (χ1) is 9.02. The fraction of sp³-hybridized carbons (Fsp3) is 0.231. The first-order valence-electron chi connectivity index (χ1n) is 5.60. The average Bonchev–Trinajstić information content (AvgIpc) is 2.77. The highest BCUT2D eigenvalue weighted by molar-refractivity contribution is 6.30. The number of hydrogen-bond donors (Lipinski definition) is 1. The van der Waals surface area contributed by atoms with Crippen LogP contribution >= 0.6 is 11.6 Å². The molecule has 0 aliphatic carbocycles. The van der Waals surface area contributed by atoms with Crippen LogP contribution in [0.4, 0.5) is 0 Å². The normalized spacial score (nSPS) is 10.7. The molecule has 0 amide bonds. The summed E-state index contributed by atoms with van der Waals surface area (Å²) in [5.41, 5.74) is 2.32. The summed E-state index contributed by atoms with van der Waals surface area (Å²) < 4.78 is 6.62. The highest BCUT2D eigenvalue weighted by Crippen LogP contribution is 2.21. The van der Waals surface area contributed by atoms with Crippen LogP contribution in [-0.4, -0.2) is 28.0 Å². The van der Waals surface area contributed by atoms with Gasteiger partial charge in [0.2, 0.25) is 0 Å². The number of carboxylic acid groups (broad SMARTS) is 1. The Bertz CT molecular complexity index is 622. The van der Waals surface area contributed by atoms with Gasteiger partial charge in [0.25, 0.3) is 0 Å². The van der Waals surface area contributed by atoms with Gasteiger partial charge in [0.15, 0.2) is 5.69 Å². The fourth-order valence-corrected chi connectivity index (χ4v) is 1.96. The first-order valence-corrected chi connectivity index (χ1v) is 5.98. The third kappa shape index (κ3) is 2.77.